The van der Waals surface area contributed by atoms with Crippen LogP contribution in [0.3, 0.4) is 0 Å². The Hall–Kier alpha value is -2.08. The van der Waals surface area contributed by atoms with Gasteiger partial charge in [-0.1, -0.05) is 51.1 Å². The number of allylic oxidation sites excluding steroid dienone is 1. The van der Waals surface area contributed by atoms with Crippen LogP contribution in [-0.2, 0) is 11.2 Å². The van der Waals surface area contributed by atoms with Crippen molar-refractivity contribution in [1.82, 2.24) is 0 Å². The number of carbonyl (C=O) groups is 1. The number of aliphatic imine (C=N–C) groups is 1. The summed E-state index contributed by atoms with van der Waals surface area (Å²) in [6.45, 7) is 8.18. The zero-order chi connectivity index (χ0) is 24.5. The van der Waals surface area contributed by atoms with Crippen LogP contribution < -0.4 is 5.73 Å². The fraction of sp³-hybridized carbons (Fsp3) is 0.517. The molecule has 5 atom stereocenters. The fourth-order valence-electron chi connectivity index (χ4n) is 5.45. The molecule has 4 nitrogen and oxygen atoms in total. The fourth-order valence-corrected chi connectivity index (χ4v) is 6.38. The molecule has 34 heavy (non-hydrogen) atoms. The van der Waals surface area contributed by atoms with Gasteiger partial charge in [-0.05, 0) is 72.1 Å². The van der Waals surface area contributed by atoms with Gasteiger partial charge in [-0.2, -0.15) is 0 Å². The molecule has 1 aliphatic carbocycles. The molecule has 2 aliphatic rings. The van der Waals surface area contributed by atoms with Crippen LogP contribution in [0.5, 0.6) is 0 Å². The summed E-state index contributed by atoms with van der Waals surface area (Å²) in [4.78, 5) is 19.0. The van der Waals surface area contributed by atoms with Crippen molar-refractivity contribution in [2.45, 2.75) is 71.9 Å². The number of hydrogen-bond donors (Lipinski definition) is 2. The van der Waals surface area contributed by atoms with Crippen LogP contribution >= 0.6 is 11.3 Å². The predicted molar refractivity (Wildman–Crippen MR) is 142 cm³/mol. The summed E-state index contributed by atoms with van der Waals surface area (Å²) in [5.41, 5.74) is 11.1. The molecule has 0 amide bonds. The molecule has 2 unspecified atom stereocenters. The average Bonchev–Trinajstić information content (AvgIpc) is 3.51. The lowest BCUT2D eigenvalue weighted by atomic mass is 9.77. The summed E-state index contributed by atoms with van der Waals surface area (Å²) in [6, 6.07) is 10.5. The lowest BCUT2D eigenvalue weighted by molar-refractivity contribution is -0.123. The van der Waals surface area contributed by atoms with E-state index in [-0.39, 0.29) is 35.1 Å². The van der Waals surface area contributed by atoms with Crippen LogP contribution in [0.15, 0.2) is 53.0 Å². The van der Waals surface area contributed by atoms with Crippen molar-refractivity contribution in [2.75, 3.05) is 0 Å². The number of carbonyl (C=O) groups excluding carboxylic acids is 1. The van der Waals surface area contributed by atoms with Crippen molar-refractivity contribution in [3.05, 3.63) is 59.1 Å². The zero-order valence-electron chi connectivity index (χ0n) is 20.8. The minimum absolute atomic E-state index is 0.0976. The van der Waals surface area contributed by atoms with Crippen molar-refractivity contribution in [2.24, 2.45) is 33.9 Å². The number of thiophene rings is 1. The smallest absolute Gasteiger partial charge is 0.150 e. The number of aliphatic hydroxyl groups is 1. The molecule has 4 rings (SSSR count). The Labute approximate surface area is 208 Å². The van der Waals surface area contributed by atoms with Gasteiger partial charge in [0.2, 0.25) is 0 Å². The summed E-state index contributed by atoms with van der Waals surface area (Å²) in [5, 5.41) is 12.6. The average molecular weight is 479 g/mol. The van der Waals surface area contributed by atoms with Crippen molar-refractivity contribution < 1.29 is 9.90 Å². The third-order valence-electron chi connectivity index (χ3n) is 7.51. The maximum Gasteiger partial charge on any atom is 0.150 e. The molecule has 2 heterocycles. The number of aliphatic hydroxyl groups excluding tert-OH is 1. The molecule has 5 heteroatoms. The van der Waals surface area contributed by atoms with E-state index in [1.165, 1.54) is 21.6 Å². The van der Waals surface area contributed by atoms with Gasteiger partial charge in [0.25, 0.3) is 0 Å². The molecule has 1 aromatic heterocycles. The van der Waals surface area contributed by atoms with Gasteiger partial charge in [-0.25, -0.2) is 0 Å². The quantitative estimate of drug-likeness (QED) is 0.491. The molecule has 3 N–H and O–H groups in total. The minimum Gasteiger partial charge on any atom is -0.393 e. The Bertz CT molecular complexity index is 1080. The number of rotatable bonds is 8. The molecular weight excluding hydrogens is 440 g/mol. The second kappa shape index (κ2) is 10.3. The number of benzene rings is 1. The topological polar surface area (TPSA) is 75.7 Å². The van der Waals surface area contributed by atoms with Crippen LogP contribution in [-0.4, -0.2) is 28.7 Å². The Morgan fingerprint density at radius 1 is 1.26 bits per heavy atom. The largest absolute Gasteiger partial charge is 0.393 e. The minimum atomic E-state index is -0.482. The number of ketones is 1. The van der Waals surface area contributed by atoms with E-state index < -0.39 is 6.04 Å². The Kier molecular flexibility index (Phi) is 7.56. The normalized spacial score (nSPS) is 25.5. The molecule has 1 fully saturated rings. The van der Waals surface area contributed by atoms with Crippen LogP contribution in [0.25, 0.3) is 10.4 Å². The van der Waals surface area contributed by atoms with Gasteiger partial charge in [-0.15, -0.1) is 11.3 Å². The summed E-state index contributed by atoms with van der Waals surface area (Å²) in [6.07, 6.45) is 7.45. The van der Waals surface area contributed by atoms with Crippen molar-refractivity contribution in [3.8, 4) is 10.4 Å². The van der Waals surface area contributed by atoms with E-state index in [1.807, 2.05) is 27.0 Å². The van der Waals surface area contributed by atoms with Crippen molar-refractivity contribution in [1.29, 1.82) is 0 Å². The van der Waals surface area contributed by atoms with Crippen LogP contribution in [0.2, 0.25) is 0 Å². The number of hydrogen-bond acceptors (Lipinski definition) is 5. The standard InChI is InChI=1S/C29H38N2O2S/c1-18-11-13-34-27(18)21-7-5-6-19(14-21)8-9-20-10-12-31-26(20)24-17-23(32)15-22(24)16-25(33)28(30)29(2,3)4/h5-7,10-14,20,22-24,28,32H,8-9,15-17,30H2,1-4H3/t20?,22?,23-,24+,28+/m0/s1. The molecule has 0 saturated heterocycles. The summed E-state index contributed by atoms with van der Waals surface area (Å²) < 4.78 is 0. The van der Waals surface area contributed by atoms with E-state index in [1.54, 1.807) is 11.3 Å². The monoisotopic (exact) mass is 478 g/mol. The first-order valence-corrected chi connectivity index (χ1v) is 13.4. The first-order chi connectivity index (χ1) is 16.1. The van der Waals surface area contributed by atoms with Gasteiger partial charge >= 0.3 is 0 Å². The Morgan fingerprint density at radius 2 is 2.06 bits per heavy atom. The first-order valence-electron chi connectivity index (χ1n) is 12.5. The van der Waals surface area contributed by atoms with Gasteiger partial charge in [-0.3, -0.25) is 9.79 Å². The third-order valence-corrected chi connectivity index (χ3v) is 8.58. The van der Waals surface area contributed by atoms with Gasteiger partial charge in [0.1, 0.15) is 5.78 Å². The van der Waals surface area contributed by atoms with E-state index in [9.17, 15) is 9.90 Å². The lowest BCUT2D eigenvalue weighted by Gasteiger charge is -2.28. The molecule has 1 saturated carbocycles. The maximum atomic E-state index is 12.9. The highest BCUT2D eigenvalue weighted by Gasteiger charge is 2.41. The SMILES string of the molecule is Cc1ccsc1-c1cccc(CCC2C=CN=C2[C@@H]2C[C@@H](O)CC2CC(=O)[C@@H](N)C(C)(C)C)c1. The van der Waals surface area contributed by atoms with E-state index in [0.29, 0.717) is 19.3 Å². The highest BCUT2D eigenvalue weighted by atomic mass is 32.1. The summed E-state index contributed by atoms with van der Waals surface area (Å²) >= 11 is 1.79. The van der Waals surface area contributed by atoms with E-state index in [0.717, 1.165) is 18.6 Å². The predicted octanol–water partition coefficient (Wildman–Crippen LogP) is 5.96. The number of nitrogens with zero attached hydrogens (tertiary/aromatic N) is 1. The molecule has 182 valence electrons. The molecular formula is C29H38N2O2S. The van der Waals surface area contributed by atoms with Crippen LogP contribution in [0.4, 0.5) is 0 Å². The van der Waals surface area contributed by atoms with Gasteiger partial charge in [0.05, 0.1) is 12.1 Å². The summed E-state index contributed by atoms with van der Waals surface area (Å²) in [7, 11) is 0. The molecule has 0 spiro atoms. The highest BCUT2D eigenvalue weighted by molar-refractivity contribution is 7.13. The van der Waals surface area contributed by atoms with Crippen molar-refractivity contribution >= 4 is 22.8 Å². The molecule has 1 aliphatic heterocycles. The molecule has 1 aromatic carbocycles. The first kappa shape index (κ1) is 25.0. The van der Waals surface area contributed by atoms with E-state index in [4.69, 9.17) is 10.7 Å². The molecule has 2 aromatic rings. The molecule has 0 bridgehead atoms. The third kappa shape index (κ3) is 5.59. The Balaban J connectivity index is 1.42. The number of aryl methyl sites for hydroxylation is 2. The number of nitrogens with two attached hydrogens (primary N) is 1. The second-order valence-corrected chi connectivity index (χ2v) is 12.1. The Morgan fingerprint density at radius 3 is 2.76 bits per heavy atom. The van der Waals surface area contributed by atoms with Gasteiger partial charge in [0.15, 0.2) is 0 Å². The van der Waals surface area contributed by atoms with Crippen LogP contribution in [0.1, 0.15) is 57.6 Å². The summed E-state index contributed by atoms with van der Waals surface area (Å²) in [5.74, 6) is 0.616. The van der Waals surface area contributed by atoms with Crippen molar-refractivity contribution in [3.63, 3.8) is 0 Å². The van der Waals surface area contributed by atoms with Gasteiger partial charge in [0, 0.05) is 35.0 Å². The zero-order valence-corrected chi connectivity index (χ0v) is 21.6. The highest BCUT2D eigenvalue weighted by Crippen LogP contribution is 2.40. The van der Waals surface area contributed by atoms with E-state index in [2.05, 4.69) is 48.7 Å². The second-order valence-electron chi connectivity index (χ2n) is 11.2. The van der Waals surface area contributed by atoms with E-state index >= 15 is 0 Å². The van der Waals surface area contributed by atoms with Gasteiger partial charge < -0.3 is 10.8 Å². The lowest BCUT2D eigenvalue weighted by Crippen LogP contribution is -2.43. The number of Topliss-reactive ketones (excluding diaryl/α,β-unsaturated/α-hetero) is 1. The maximum absolute atomic E-state index is 12.9. The van der Waals surface area contributed by atoms with Crippen LogP contribution in [0, 0.1) is 30.1 Å². The molecule has 0 radical (unpaired) electrons.